The van der Waals surface area contributed by atoms with Gasteiger partial charge in [0, 0.05) is 38.7 Å². The monoisotopic (exact) mass is 376 g/mol. The van der Waals surface area contributed by atoms with Crippen molar-refractivity contribution in [2.24, 2.45) is 5.41 Å². The maximum atomic E-state index is 12.5. The number of aromatic nitrogens is 2. The summed E-state index contributed by atoms with van der Waals surface area (Å²) >= 11 is 0. The molecule has 2 aliphatic heterocycles. The summed E-state index contributed by atoms with van der Waals surface area (Å²) < 4.78 is 0. The molecule has 2 aliphatic rings. The minimum Gasteiger partial charge on any atom is -0.480 e. The molecule has 3 heterocycles. The molecule has 1 aromatic heterocycles. The number of nitrogens with zero attached hydrogens (tertiary/aromatic N) is 3. The molecule has 0 aliphatic carbocycles. The van der Waals surface area contributed by atoms with Gasteiger partial charge in [-0.1, -0.05) is 0 Å². The molecule has 0 radical (unpaired) electrons. The Morgan fingerprint density at radius 3 is 2.70 bits per heavy atom. The summed E-state index contributed by atoms with van der Waals surface area (Å²) in [5.74, 6) is -0.866. The molecule has 0 bridgehead atoms. The Morgan fingerprint density at radius 1 is 1.33 bits per heavy atom. The van der Waals surface area contributed by atoms with Crippen molar-refractivity contribution in [3.05, 3.63) is 18.0 Å². The summed E-state index contributed by atoms with van der Waals surface area (Å²) in [6.07, 6.45) is 8.65. The van der Waals surface area contributed by atoms with Crippen molar-refractivity contribution in [3.8, 4) is 0 Å². The van der Waals surface area contributed by atoms with E-state index in [1.807, 2.05) is 11.1 Å². The third-order valence-corrected chi connectivity index (χ3v) is 6.11. The topological polar surface area (TPSA) is 107 Å². The Balaban J connectivity index is 1.49. The lowest BCUT2D eigenvalue weighted by atomic mass is 9.72. The van der Waals surface area contributed by atoms with Crippen LogP contribution in [0.4, 0.5) is 0 Å². The second kappa shape index (κ2) is 8.10. The van der Waals surface area contributed by atoms with E-state index in [0.29, 0.717) is 32.5 Å². The summed E-state index contributed by atoms with van der Waals surface area (Å²) in [6.45, 7) is 3.43. The van der Waals surface area contributed by atoms with Gasteiger partial charge in [-0.25, -0.2) is 4.79 Å². The number of aliphatic carboxylic acids is 1. The van der Waals surface area contributed by atoms with E-state index in [4.69, 9.17) is 0 Å². The van der Waals surface area contributed by atoms with E-state index in [2.05, 4.69) is 10.2 Å². The molecule has 2 amide bonds. The van der Waals surface area contributed by atoms with Crippen molar-refractivity contribution in [1.82, 2.24) is 20.0 Å². The van der Waals surface area contributed by atoms with Gasteiger partial charge in [-0.05, 0) is 50.0 Å². The number of H-pyrrole nitrogens is 1. The Kier molecular flexibility index (Phi) is 5.82. The third kappa shape index (κ3) is 4.48. The predicted octanol–water partition coefficient (Wildman–Crippen LogP) is 1.44. The van der Waals surface area contributed by atoms with Gasteiger partial charge >= 0.3 is 5.97 Å². The Morgan fingerprint density at radius 2 is 2.07 bits per heavy atom. The van der Waals surface area contributed by atoms with Gasteiger partial charge in [0.25, 0.3) is 0 Å². The van der Waals surface area contributed by atoms with E-state index in [1.165, 1.54) is 4.90 Å². The zero-order valence-corrected chi connectivity index (χ0v) is 15.8. The fourth-order valence-corrected chi connectivity index (χ4v) is 4.19. The van der Waals surface area contributed by atoms with E-state index in [-0.39, 0.29) is 17.2 Å². The van der Waals surface area contributed by atoms with Gasteiger partial charge in [0.1, 0.15) is 6.04 Å². The summed E-state index contributed by atoms with van der Waals surface area (Å²) in [4.78, 5) is 39.3. The molecule has 148 valence electrons. The molecule has 2 N–H and O–H groups in total. The number of carbonyl (C=O) groups excluding carboxylic acids is 2. The van der Waals surface area contributed by atoms with E-state index in [1.54, 1.807) is 13.1 Å². The summed E-state index contributed by atoms with van der Waals surface area (Å²) in [7, 11) is 0. The maximum Gasteiger partial charge on any atom is 0.326 e. The van der Waals surface area contributed by atoms with Gasteiger partial charge < -0.3 is 14.9 Å². The average molecular weight is 376 g/mol. The number of carbonyl (C=O) groups is 3. The van der Waals surface area contributed by atoms with Crippen LogP contribution in [-0.2, 0) is 20.8 Å². The van der Waals surface area contributed by atoms with Crippen LogP contribution in [-0.4, -0.2) is 68.6 Å². The van der Waals surface area contributed by atoms with Gasteiger partial charge in [0.15, 0.2) is 0 Å². The van der Waals surface area contributed by atoms with Crippen LogP contribution in [0.15, 0.2) is 12.4 Å². The lowest BCUT2D eigenvalue weighted by Gasteiger charge is -2.48. The number of aromatic amines is 1. The quantitative estimate of drug-likeness (QED) is 0.781. The smallest absolute Gasteiger partial charge is 0.326 e. The Hall–Kier alpha value is -2.38. The lowest BCUT2D eigenvalue weighted by molar-refractivity contribution is -0.155. The van der Waals surface area contributed by atoms with Crippen LogP contribution in [0.1, 0.15) is 51.0 Å². The minimum absolute atomic E-state index is 0.0504. The number of rotatable bonds is 6. The molecule has 1 spiro atoms. The van der Waals surface area contributed by atoms with Gasteiger partial charge in [0.05, 0.1) is 6.20 Å². The number of piperidine rings is 2. The predicted molar refractivity (Wildman–Crippen MR) is 97.8 cm³/mol. The molecule has 8 nitrogen and oxygen atoms in total. The highest BCUT2D eigenvalue weighted by atomic mass is 16.4. The molecule has 27 heavy (non-hydrogen) atoms. The summed E-state index contributed by atoms with van der Waals surface area (Å²) in [6, 6.07) is -0.794. The van der Waals surface area contributed by atoms with Crippen LogP contribution >= 0.6 is 0 Å². The number of likely N-dealkylation sites (tertiary alicyclic amines) is 2. The number of amides is 2. The van der Waals surface area contributed by atoms with Crippen LogP contribution in [0.2, 0.25) is 0 Å². The standard InChI is InChI=1S/C19H28N4O4/c1-14(18(26)27)23-13-19(6-5-17(23)25)7-9-22(10-8-19)16(24)4-2-3-15-11-20-21-12-15/h11-12,14H,2-10,13H2,1H3,(H,20,21)(H,26,27)/t14-/m0/s1. The van der Waals surface area contributed by atoms with Crippen molar-refractivity contribution in [1.29, 1.82) is 0 Å². The second-order valence-corrected chi connectivity index (χ2v) is 7.88. The van der Waals surface area contributed by atoms with Gasteiger partial charge in [-0.15, -0.1) is 0 Å². The first-order valence-corrected chi connectivity index (χ1v) is 9.68. The van der Waals surface area contributed by atoms with Crippen molar-refractivity contribution in [2.45, 2.75) is 57.9 Å². The highest BCUT2D eigenvalue weighted by Gasteiger charge is 2.43. The number of nitrogens with one attached hydrogen (secondary N) is 1. The number of hydrogen-bond acceptors (Lipinski definition) is 4. The Labute approximate surface area is 158 Å². The second-order valence-electron chi connectivity index (χ2n) is 7.88. The average Bonchev–Trinajstić information content (AvgIpc) is 3.17. The lowest BCUT2D eigenvalue weighted by Crippen LogP contribution is -2.55. The van der Waals surface area contributed by atoms with Crippen LogP contribution in [0.25, 0.3) is 0 Å². The molecule has 3 rings (SSSR count). The van der Waals surface area contributed by atoms with Crippen LogP contribution in [0.3, 0.4) is 0 Å². The van der Waals surface area contributed by atoms with Gasteiger partial charge in [0.2, 0.25) is 11.8 Å². The highest BCUT2D eigenvalue weighted by Crippen LogP contribution is 2.40. The summed E-state index contributed by atoms with van der Waals surface area (Å²) in [5.41, 5.74) is 1.06. The maximum absolute atomic E-state index is 12.5. The van der Waals surface area contributed by atoms with E-state index in [0.717, 1.165) is 37.7 Å². The molecule has 1 aromatic rings. The molecule has 2 saturated heterocycles. The highest BCUT2D eigenvalue weighted by molar-refractivity contribution is 5.84. The van der Waals surface area contributed by atoms with E-state index >= 15 is 0 Å². The van der Waals surface area contributed by atoms with E-state index in [9.17, 15) is 19.5 Å². The molecule has 0 unspecified atom stereocenters. The van der Waals surface area contributed by atoms with Crippen molar-refractivity contribution in [2.75, 3.05) is 19.6 Å². The number of carboxylic acids is 1. The summed E-state index contributed by atoms with van der Waals surface area (Å²) in [5, 5.41) is 15.9. The van der Waals surface area contributed by atoms with Crippen molar-refractivity contribution >= 4 is 17.8 Å². The van der Waals surface area contributed by atoms with Gasteiger partial charge in [-0.3, -0.25) is 14.7 Å². The van der Waals surface area contributed by atoms with Crippen LogP contribution in [0, 0.1) is 5.41 Å². The first kappa shape index (κ1) is 19.4. The fourth-order valence-electron chi connectivity index (χ4n) is 4.19. The van der Waals surface area contributed by atoms with Crippen LogP contribution in [0.5, 0.6) is 0 Å². The Bertz CT molecular complexity index is 680. The molecule has 0 saturated carbocycles. The number of carboxylic acid groups (broad SMARTS) is 1. The SMILES string of the molecule is C[C@@H](C(=O)O)N1CC2(CCC1=O)CCN(C(=O)CCCc1cn[nH]c1)CC2. The molecule has 0 aromatic carbocycles. The first-order valence-electron chi connectivity index (χ1n) is 9.68. The van der Waals surface area contributed by atoms with Crippen molar-refractivity contribution in [3.63, 3.8) is 0 Å². The number of hydrogen-bond donors (Lipinski definition) is 2. The van der Waals surface area contributed by atoms with Gasteiger partial charge in [-0.2, -0.15) is 5.10 Å². The largest absolute Gasteiger partial charge is 0.480 e. The first-order chi connectivity index (χ1) is 12.9. The van der Waals surface area contributed by atoms with E-state index < -0.39 is 12.0 Å². The van der Waals surface area contributed by atoms with Crippen LogP contribution < -0.4 is 0 Å². The van der Waals surface area contributed by atoms with Crippen molar-refractivity contribution < 1.29 is 19.5 Å². The third-order valence-electron chi connectivity index (χ3n) is 6.11. The normalized spacial score (nSPS) is 20.7. The minimum atomic E-state index is -0.967. The number of aryl methyl sites for hydroxylation is 1. The molecular formula is C19H28N4O4. The molecule has 2 fully saturated rings. The molecular weight excluding hydrogens is 348 g/mol. The fraction of sp³-hybridized carbons (Fsp3) is 0.684. The zero-order valence-electron chi connectivity index (χ0n) is 15.8. The molecule has 8 heteroatoms. The zero-order chi connectivity index (χ0) is 19.4. The molecule has 1 atom stereocenters.